The van der Waals surface area contributed by atoms with Gasteiger partial charge < -0.3 is 14.2 Å². The molecule has 0 aromatic rings. The predicted molar refractivity (Wildman–Crippen MR) is 353 cm³/mol. The maximum absolute atomic E-state index is 12.9. The Morgan fingerprint density at radius 2 is 0.444 bits per heavy atom. The van der Waals surface area contributed by atoms with Gasteiger partial charge in [-0.05, 0) is 51.4 Å². The Hall–Kier alpha value is -2.11. The van der Waals surface area contributed by atoms with Gasteiger partial charge in [0.2, 0.25) is 0 Å². The first-order valence-corrected chi connectivity index (χ1v) is 36.8. The Labute approximate surface area is 506 Å². The lowest BCUT2D eigenvalue weighted by Gasteiger charge is -2.18. The average molecular weight is 1140 g/mol. The fourth-order valence-corrected chi connectivity index (χ4v) is 11.4. The highest BCUT2D eigenvalue weighted by atomic mass is 16.6. The highest BCUT2D eigenvalue weighted by Crippen LogP contribution is 2.19. The second-order valence-electron chi connectivity index (χ2n) is 25.2. The van der Waals surface area contributed by atoms with Crippen molar-refractivity contribution in [3.05, 3.63) is 24.3 Å². The molecule has 0 saturated carbocycles. The smallest absolute Gasteiger partial charge is 0.306 e. The summed E-state index contributed by atoms with van der Waals surface area (Å²) >= 11 is 0. The summed E-state index contributed by atoms with van der Waals surface area (Å²) in [5.41, 5.74) is 0. The zero-order chi connectivity index (χ0) is 58.5. The molecule has 0 amide bonds. The van der Waals surface area contributed by atoms with Crippen molar-refractivity contribution in [2.24, 2.45) is 0 Å². The highest BCUT2D eigenvalue weighted by Gasteiger charge is 2.20. The monoisotopic (exact) mass is 1140 g/mol. The molecule has 0 aliphatic heterocycles. The van der Waals surface area contributed by atoms with Crippen molar-refractivity contribution in [1.82, 2.24) is 0 Å². The molecular weight excluding hydrogens is 997 g/mol. The molecule has 0 spiro atoms. The summed E-state index contributed by atoms with van der Waals surface area (Å²) < 4.78 is 17.0. The minimum atomic E-state index is -0.765. The maximum Gasteiger partial charge on any atom is 0.306 e. The van der Waals surface area contributed by atoms with Gasteiger partial charge in [0.05, 0.1) is 0 Å². The van der Waals surface area contributed by atoms with Crippen LogP contribution in [0, 0.1) is 0 Å². The Morgan fingerprint density at radius 1 is 0.247 bits per heavy atom. The van der Waals surface area contributed by atoms with Gasteiger partial charge in [0, 0.05) is 19.3 Å². The first kappa shape index (κ1) is 78.9. The van der Waals surface area contributed by atoms with Crippen LogP contribution in [0.2, 0.25) is 0 Å². The van der Waals surface area contributed by atoms with Crippen LogP contribution in [0.25, 0.3) is 0 Å². The van der Waals surface area contributed by atoms with E-state index in [4.69, 9.17) is 14.2 Å². The van der Waals surface area contributed by atoms with E-state index < -0.39 is 6.10 Å². The van der Waals surface area contributed by atoms with E-state index in [0.29, 0.717) is 19.3 Å². The van der Waals surface area contributed by atoms with Crippen LogP contribution >= 0.6 is 0 Å². The summed E-state index contributed by atoms with van der Waals surface area (Å²) in [6.45, 7) is 6.71. The van der Waals surface area contributed by atoms with Gasteiger partial charge in [0.15, 0.2) is 6.10 Å². The lowest BCUT2D eigenvalue weighted by Crippen LogP contribution is -2.30. The number of hydrogen-bond donors (Lipinski definition) is 0. The van der Waals surface area contributed by atoms with Crippen LogP contribution in [0.15, 0.2) is 24.3 Å². The van der Waals surface area contributed by atoms with Crippen molar-refractivity contribution in [1.29, 1.82) is 0 Å². The van der Waals surface area contributed by atoms with Gasteiger partial charge in [-0.3, -0.25) is 14.4 Å². The third-order valence-electron chi connectivity index (χ3n) is 17.0. The lowest BCUT2D eigenvalue weighted by molar-refractivity contribution is -0.167. The second-order valence-corrected chi connectivity index (χ2v) is 25.2. The molecule has 1 unspecified atom stereocenters. The molecule has 0 saturated heterocycles. The van der Waals surface area contributed by atoms with Crippen molar-refractivity contribution in [2.45, 2.75) is 425 Å². The zero-order valence-electron chi connectivity index (χ0n) is 55.1. The SMILES string of the molecule is CCCCCCC/C=C\C/C=C\CCCCCCCCCCCCCCCCCCCCCCCC(=O)OCC(COC(=O)CCCCCCCCCCCCCC)OC(=O)CCCCCCCCCCCCCCCCCCCC. The van der Waals surface area contributed by atoms with Crippen molar-refractivity contribution >= 4 is 17.9 Å². The van der Waals surface area contributed by atoms with Crippen LogP contribution < -0.4 is 0 Å². The van der Waals surface area contributed by atoms with Crippen molar-refractivity contribution in [3.8, 4) is 0 Å². The average Bonchev–Trinajstić information content (AvgIpc) is 3.47. The topological polar surface area (TPSA) is 78.9 Å². The van der Waals surface area contributed by atoms with Crippen LogP contribution in [0.5, 0.6) is 0 Å². The third-order valence-corrected chi connectivity index (χ3v) is 17.0. The number of esters is 3. The van der Waals surface area contributed by atoms with E-state index >= 15 is 0 Å². The summed E-state index contributed by atoms with van der Waals surface area (Å²) in [7, 11) is 0. The van der Waals surface area contributed by atoms with E-state index in [0.717, 1.165) is 64.2 Å². The highest BCUT2D eigenvalue weighted by molar-refractivity contribution is 5.71. The van der Waals surface area contributed by atoms with Gasteiger partial charge in [-0.25, -0.2) is 0 Å². The first-order chi connectivity index (χ1) is 40.0. The quantitative estimate of drug-likeness (QED) is 0.0261. The van der Waals surface area contributed by atoms with Crippen molar-refractivity contribution < 1.29 is 28.6 Å². The summed E-state index contributed by atoms with van der Waals surface area (Å²) in [6, 6.07) is 0. The molecule has 0 rings (SSSR count). The molecule has 0 heterocycles. The number of ether oxygens (including phenoxy) is 3. The number of rotatable bonds is 69. The lowest BCUT2D eigenvalue weighted by atomic mass is 10.0. The maximum atomic E-state index is 12.9. The van der Waals surface area contributed by atoms with Gasteiger partial charge in [-0.2, -0.15) is 0 Å². The van der Waals surface area contributed by atoms with Crippen LogP contribution in [0.4, 0.5) is 0 Å². The molecule has 0 aromatic carbocycles. The standard InChI is InChI=1S/C75H142O6/c1-4-7-10-13-16-19-22-25-27-29-31-32-33-34-35-36-37-38-39-40-41-42-43-44-45-47-48-50-53-56-59-62-65-68-74(77)80-71-72(70-79-73(76)67-64-61-58-55-52-24-21-18-15-12-9-6-3)81-75(78)69-66-63-60-57-54-51-49-46-30-28-26-23-20-17-14-11-8-5-2/h22,25,29,31,72H,4-21,23-24,26-28,30,32-71H2,1-3H3/b25-22-,31-29-. The summed E-state index contributed by atoms with van der Waals surface area (Å²) in [5.74, 6) is -0.827. The van der Waals surface area contributed by atoms with E-state index in [9.17, 15) is 14.4 Å². The molecule has 0 aromatic heterocycles. The third kappa shape index (κ3) is 68.6. The molecule has 6 nitrogen and oxygen atoms in total. The van der Waals surface area contributed by atoms with Gasteiger partial charge in [-0.1, -0.05) is 373 Å². The molecule has 81 heavy (non-hydrogen) atoms. The van der Waals surface area contributed by atoms with Crippen LogP contribution in [-0.4, -0.2) is 37.2 Å². The molecular formula is C75H142O6. The van der Waals surface area contributed by atoms with Crippen LogP contribution in [0.1, 0.15) is 419 Å². The fourth-order valence-electron chi connectivity index (χ4n) is 11.4. The van der Waals surface area contributed by atoms with E-state index in [1.807, 2.05) is 0 Å². The van der Waals surface area contributed by atoms with Crippen LogP contribution in [0.3, 0.4) is 0 Å². The first-order valence-electron chi connectivity index (χ1n) is 36.8. The predicted octanol–water partition coefficient (Wildman–Crippen LogP) is 25.3. The number of carbonyl (C=O) groups is 3. The van der Waals surface area contributed by atoms with Gasteiger partial charge in [-0.15, -0.1) is 0 Å². The molecule has 0 fully saturated rings. The van der Waals surface area contributed by atoms with Crippen molar-refractivity contribution in [3.63, 3.8) is 0 Å². The molecule has 6 heteroatoms. The fraction of sp³-hybridized carbons (Fsp3) is 0.907. The molecule has 0 bridgehead atoms. The number of allylic oxidation sites excluding steroid dienone is 4. The molecule has 0 N–H and O–H groups in total. The Balaban J connectivity index is 4.08. The van der Waals surface area contributed by atoms with Crippen molar-refractivity contribution in [2.75, 3.05) is 13.2 Å². The largest absolute Gasteiger partial charge is 0.462 e. The summed E-state index contributed by atoms with van der Waals surface area (Å²) in [5, 5.41) is 0. The van der Waals surface area contributed by atoms with E-state index in [2.05, 4.69) is 45.1 Å². The van der Waals surface area contributed by atoms with Crippen LogP contribution in [-0.2, 0) is 28.6 Å². The van der Waals surface area contributed by atoms with E-state index in [-0.39, 0.29) is 31.1 Å². The minimum absolute atomic E-state index is 0.0627. The molecule has 0 aliphatic rings. The minimum Gasteiger partial charge on any atom is -0.462 e. The zero-order valence-corrected chi connectivity index (χ0v) is 55.1. The normalized spacial score (nSPS) is 12.1. The summed E-state index contributed by atoms with van der Waals surface area (Å²) in [4.78, 5) is 38.4. The Bertz CT molecular complexity index is 1310. The van der Waals surface area contributed by atoms with E-state index in [1.165, 1.54) is 315 Å². The van der Waals surface area contributed by atoms with Gasteiger partial charge in [0.1, 0.15) is 13.2 Å². The number of unbranched alkanes of at least 4 members (excludes halogenated alkanes) is 54. The summed E-state index contributed by atoms with van der Waals surface area (Å²) in [6.07, 6.45) is 86.6. The molecule has 0 aliphatic carbocycles. The van der Waals surface area contributed by atoms with Gasteiger partial charge in [0.25, 0.3) is 0 Å². The molecule has 478 valence electrons. The molecule has 0 radical (unpaired) electrons. The molecule has 1 atom stereocenters. The Kier molecular flexibility index (Phi) is 68.5. The second kappa shape index (κ2) is 70.4. The Morgan fingerprint density at radius 3 is 0.679 bits per heavy atom. The van der Waals surface area contributed by atoms with E-state index in [1.54, 1.807) is 0 Å². The number of carbonyl (C=O) groups excluding carboxylic acids is 3. The van der Waals surface area contributed by atoms with Gasteiger partial charge >= 0.3 is 17.9 Å². The number of hydrogen-bond acceptors (Lipinski definition) is 6.